The predicted octanol–water partition coefficient (Wildman–Crippen LogP) is 4.75. The van der Waals surface area contributed by atoms with Crippen molar-refractivity contribution >= 4 is 11.8 Å². The molecule has 4 heteroatoms. The van der Waals surface area contributed by atoms with Gasteiger partial charge in [-0.05, 0) is 37.5 Å². The zero-order chi connectivity index (χ0) is 15.6. The lowest BCUT2D eigenvalue weighted by molar-refractivity contribution is 0.829. The lowest BCUT2D eigenvalue weighted by atomic mass is 10.2. The number of aromatic nitrogens is 3. The molecule has 0 N–H and O–H groups in total. The molecule has 23 heavy (non-hydrogen) atoms. The highest BCUT2D eigenvalue weighted by Gasteiger charge is 2.30. The molecule has 4 rings (SSSR count). The van der Waals surface area contributed by atoms with Crippen molar-refractivity contribution in [2.45, 2.75) is 36.6 Å². The summed E-state index contributed by atoms with van der Waals surface area (Å²) in [6, 6.07) is 19.1. The zero-order valence-electron chi connectivity index (χ0n) is 13.1. The van der Waals surface area contributed by atoms with Crippen LogP contribution in [0.2, 0.25) is 0 Å². The first-order valence-electron chi connectivity index (χ1n) is 8.00. The number of hydrogen-bond donors (Lipinski definition) is 0. The van der Waals surface area contributed by atoms with E-state index in [1.54, 1.807) is 11.8 Å². The van der Waals surface area contributed by atoms with E-state index >= 15 is 0 Å². The highest BCUT2D eigenvalue weighted by molar-refractivity contribution is 7.98. The minimum absolute atomic E-state index is 0.579. The number of thioether (sulfide) groups is 1. The first kappa shape index (κ1) is 14.5. The van der Waals surface area contributed by atoms with Gasteiger partial charge in [-0.3, -0.25) is 4.57 Å². The molecule has 1 aliphatic rings. The van der Waals surface area contributed by atoms with E-state index < -0.39 is 0 Å². The van der Waals surface area contributed by atoms with E-state index in [0.29, 0.717) is 5.92 Å². The van der Waals surface area contributed by atoms with Gasteiger partial charge < -0.3 is 0 Å². The molecule has 0 aliphatic heterocycles. The Morgan fingerprint density at radius 2 is 1.74 bits per heavy atom. The van der Waals surface area contributed by atoms with Gasteiger partial charge in [-0.15, -0.1) is 10.2 Å². The van der Waals surface area contributed by atoms with Crippen molar-refractivity contribution in [2.24, 2.45) is 0 Å². The number of benzene rings is 2. The lowest BCUT2D eigenvalue weighted by Gasteiger charge is -2.10. The molecule has 3 nitrogen and oxygen atoms in total. The smallest absolute Gasteiger partial charge is 0.196 e. The van der Waals surface area contributed by atoms with Crippen molar-refractivity contribution < 1.29 is 0 Å². The molecule has 116 valence electrons. The van der Waals surface area contributed by atoms with E-state index in [0.717, 1.165) is 22.4 Å². The van der Waals surface area contributed by atoms with E-state index in [9.17, 15) is 0 Å². The zero-order valence-corrected chi connectivity index (χ0v) is 14.0. The van der Waals surface area contributed by atoms with Crippen LogP contribution in [0.1, 0.15) is 35.7 Å². The van der Waals surface area contributed by atoms with Crippen LogP contribution >= 0.6 is 11.8 Å². The summed E-state index contributed by atoms with van der Waals surface area (Å²) in [5.74, 6) is 2.61. The summed E-state index contributed by atoms with van der Waals surface area (Å²) in [4.78, 5) is 0. The van der Waals surface area contributed by atoms with Crippen molar-refractivity contribution in [1.82, 2.24) is 14.8 Å². The summed E-state index contributed by atoms with van der Waals surface area (Å²) in [6.45, 7) is 2.11. The van der Waals surface area contributed by atoms with E-state index in [1.165, 1.54) is 24.0 Å². The maximum absolute atomic E-state index is 4.48. The van der Waals surface area contributed by atoms with Crippen LogP contribution in [0, 0.1) is 6.92 Å². The fourth-order valence-electron chi connectivity index (χ4n) is 2.64. The SMILES string of the molecule is Cc1ccc(-n2c(SCc3ccccc3)nnc2C2CC2)cc1. The van der Waals surface area contributed by atoms with E-state index in [1.807, 2.05) is 6.07 Å². The van der Waals surface area contributed by atoms with E-state index in [4.69, 9.17) is 0 Å². The summed E-state index contributed by atoms with van der Waals surface area (Å²) in [5, 5.41) is 9.93. The van der Waals surface area contributed by atoms with Gasteiger partial charge in [-0.2, -0.15) is 0 Å². The molecule has 0 unspecified atom stereocenters. The van der Waals surface area contributed by atoms with Gasteiger partial charge in [0.15, 0.2) is 5.16 Å². The van der Waals surface area contributed by atoms with Crippen LogP contribution in [0.15, 0.2) is 59.8 Å². The first-order valence-corrected chi connectivity index (χ1v) is 8.99. The molecule has 3 aromatic rings. The van der Waals surface area contributed by atoms with Crippen LogP contribution in [-0.4, -0.2) is 14.8 Å². The van der Waals surface area contributed by atoms with Crippen molar-refractivity contribution in [3.05, 3.63) is 71.5 Å². The highest BCUT2D eigenvalue weighted by Crippen LogP contribution is 2.41. The van der Waals surface area contributed by atoms with Gasteiger partial charge in [0.05, 0.1) is 0 Å². The second-order valence-electron chi connectivity index (χ2n) is 6.06. The molecular weight excluding hydrogens is 302 g/mol. The van der Waals surface area contributed by atoms with E-state index in [-0.39, 0.29) is 0 Å². The fourth-order valence-corrected chi connectivity index (χ4v) is 3.55. The number of rotatable bonds is 5. The molecule has 0 saturated heterocycles. The average molecular weight is 321 g/mol. The maximum atomic E-state index is 4.48. The molecular formula is C19H19N3S. The second kappa shape index (κ2) is 6.20. The molecule has 0 bridgehead atoms. The number of nitrogens with zero attached hydrogens (tertiary/aromatic N) is 3. The molecule has 1 saturated carbocycles. The Morgan fingerprint density at radius 1 is 1.00 bits per heavy atom. The second-order valence-corrected chi connectivity index (χ2v) is 7.00. The van der Waals surface area contributed by atoms with E-state index in [2.05, 4.69) is 70.2 Å². The minimum atomic E-state index is 0.579. The topological polar surface area (TPSA) is 30.7 Å². The van der Waals surface area contributed by atoms with Crippen molar-refractivity contribution in [1.29, 1.82) is 0 Å². The first-order chi connectivity index (χ1) is 11.3. The summed E-state index contributed by atoms with van der Waals surface area (Å²) in [5.41, 5.74) is 3.75. The van der Waals surface area contributed by atoms with Crippen molar-refractivity contribution in [3.8, 4) is 5.69 Å². The van der Waals surface area contributed by atoms with Crippen molar-refractivity contribution in [2.75, 3.05) is 0 Å². The monoisotopic (exact) mass is 321 g/mol. The summed E-state index contributed by atoms with van der Waals surface area (Å²) >= 11 is 1.75. The third-order valence-electron chi connectivity index (χ3n) is 4.10. The molecule has 1 fully saturated rings. The molecule has 2 aromatic carbocycles. The van der Waals surface area contributed by atoms with Gasteiger partial charge in [-0.25, -0.2) is 0 Å². The molecule has 0 atom stereocenters. The van der Waals surface area contributed by atoms with Gasteiger partial charge in [0.25, 0.3) is 0 Å². The third-order valence-corrected chi connectivity index (χ3v) is 5.10. The van der Waals surface area contributed by atoms with Gasteiger partial charge in [0.2, 0.25) is 0 Å². The van der Waals surface area contributed by atoms with Crippen LogP contribution in [0.4, 0.5) is 0 Å². The third kappa shape index (κ3) is 3.17. The van der Waals surface area contributed by atoms with Gasteiger partial charge in [-0.1, -0.05) is 59.8 Å². The maximum Gasteiger partial charge on any atom is 0.196 e. The molecule has 0 spiro atoms. The number of aryl methyl sites for hydroxylation is 1. The summed E-state index contributed by atoms with van der Waals surface area (Å²) in [7, 11) is 0. The molecule has 0 amide bonds. The molecule has 1 heterocycles. The van der Waals surface area contributed by atoms with Gasteiger partial charge in [0, 0.05) is 17.4 Å². The molecule has 0 radical (unpaired) electrons. The lowest BCUT2D eigenvalue weighted by Crippen LogP contribution is -2.01. The largest absolute Gasteiger partial charge is 0.274 e. The predicted molar refractivity (Wildman–Crippen MR) is 94.1 cm³/mol. The van der Waals surface area contributed by atoms with Crippen LogP contribution in [0.3, 0.4) is 0 Å². The highest BCUT2D eigenvalue weighted by atomic mass is 32.2. The van der Waals surface area contributed by atoms with Crippen molar-refractivity contribution in [3.63, 3.8) is 0 Å². The Morgan fingerprint density at radius 3 is 2.43 bits per heavy atom. The normalized spacial score (nSPS) is 14.1. The van der Waals surface area contributed by atoms with Crippen LogP contribution in [-0.2, 0) is 5.75 Å². The Balaban J connectivity index is 1.65. The van der Waals surface area contributed by atoms with Gasteiger partial charge in [0.1, 0.15) is 5.82 Å². The minimum Gasteiger partial charge on any atom is -0.274 e. The van der Waals surface area contributed by atoms with Crippen LogP contribution in [0.25, 0.3) is 5.69 Å². The summed E-state index contributed by atoms with van der Waals surface area (Å²) < 4.78 is 2.24. The Kier molecular flexibility index (Phi) is 3.92. The fraction of sp³-hybridized carbons (Fsp3) is 0.263. The van der Waals surface area contributed by atoms with Crippen LogP contribution in [0.5, 0.6) is 0 Å². The Hall–Kier alpha value is -2.07. The average Bonchev–Trinajstić information content (AvgIpc) is 3.35. The molecule has 1 aromatic heterocycles. The Labute approximate surface area is 140 Å². The Bertz CT molecular complexity index is 789. The van der Waals surface area contributed by atoms with Crippen LogP contribution < -0.4 is 0 Å². The molecule has 1 aliphatic carbocycles. The quantitative estimate of drug-likeness (QED) is 0.636. The van der Waals surface area contributed by atoms with Gasteiger partial charge >= 0.3 is 0 Å². The number of hydrogen-bond acceptors (Lipinski definition) is 3. The standard InChI is InChI=1S/C19H19N3S/c1-14-7-11-17(12-8-14)22-18(16-9-10-16)20-21-19(22)23-13-15-5-3-2-4-6-15/h2-8,11-12,16H,9-10,13H2,1H3. The summed E-state index contributed by atoms with van der Waals surface area (Å²) in [6.07, 6.45) is 2.46.